The Bertz CT molecular complexity index is 125. The second-order valence-corrected chi connectivity index (χ2v) is 5.32. The largest absolute Gasteiger partial charge is 0.394 e. The highest BCUT2D eigenvalue weighted by Gasteiger charge is 2.20. The third-order valence-electron chi connectivity index (χ3n) is 3.65. The third kappa shape index (κ3) is 8.93. The molecule has 0 aromatic carbocycles. The topological polar surface area (TPSA) is 29.5 Å². The van der Waals surface area contributed by atoms with Gasteiger partial charge < -0.3 is 9.84 Å². The van der Waals surface area contributed by atoms with Crippen molar-refractivity contribution in [3.63, 3.8) is 0 Å². The van der Waals surface area contributed by atoms with Crippen LogP contribution >= 0.6 is 0 Å². The van der Waals surface area contributed by atoms with Crippen molar-refractivity contribution in [1.29, 1.82) is 0 Å². The van der Waals surface area contributed by atoms with E-state index < -0.39 is 0 Å². The molecule has 0 spiro atoms. The molecule has 0 amide bonds. The first-order valence-electron chi connectivity index (χ1n) is 8.02. The van der Waals surface area contributed by atoms with Gasteiger partial charge in [0.05, 0.1) is 19.3 Å². The average molecular weight is 258 g/mol. The number of aliphatic hydroxyl groups excluding tert-OH is 1. The van der Waals surface area contributed by atoms with Gasteiger partial charge in [-0.05, 0) is 25.2 Å². The molecular formula is C16H34O2. The molecule has 0 heterocycles. The molecule has 1 unspecified atom stereocenters. The van der Waals surface area contributed by atoms with Crippen molar-refractivity contribution in [2.24, 2.45) is 5.92 Å². The van der Waals surface area contributed by atoms with Gasteiger partial charge in [0, 0.05) is 0 Å². The van der Waals surface area contributed by atoms with E-state index >= 15 is 0 Å². The Morgan fingerprint density at radius 3 is 1.78 bits per heavy atom. The summed E-state index contributed by atoms with van der Waals surface area (Å²) in [6, 6.07) is 0. The van der Waals surface area contributed by atoms with Crippen LogP contribution in [0, 0.1) is 5.92 Å². The average Bonchev–Trinajstić information content (AvgIpc) is 2.40. The van der Waals surface area contributed by atoms with E-state index in [1.165, 1.54) is 51.4 Å². The Morgan fingerprint density at radius 1 is 0.833 bits per heavy atom. The van der Waals surface area contributed by atoms with Crippen molar-refractivity contribution in [3.8, 4) is 0 Å². The molecule has 0 aromatic heterocycles. The molecule has 0 radical (unpaired) electrons. The first-order valence-corrected chi connectivity index (χ1v) is 8.02. The summed E-state index contributed by atoms with van der Waals surface area (Å²) >= 11 is 0. The maximum atomic E-state index is 8.95. The van der Waals surface area contributed by atoms with Gasteiger partial charge in [-0.15, -0.1) is 0 Å². The van der Waals surface area contributed by atoms with Gasteiger partial charge in [-0.2, -0.15) is 0 Å². The fraction of sp³-hybridized carbons (Fsp3) is 1.00. The Kier molecular flexibility index (Phi) is 13.3. The fourth-order valence-corrected chi connectivity index (χ4v) is 2.51. The molecule has 1 N–H and O–H groups in total. The van der Waals surface area contributed by atoms with Crippen LogP contribution in [0.4, 0.5) is 0 Å². The van der Waals surface area contributed by atoms with E-state index in [4.69, 9.17) is 9.84 Å². The van der Waals surface area contributed by atoms with Gasteiger partial charge in [0.1, 0.15) is 0 Å². The Labute approximate surface area is 114 Å². The summed E-state index contributed by atoms with van der Waals surface area (Å²) in [6.45, 7) is 7.40. The molecular weight excluding hydrogens is 224 g/mol. The molecule has 0 rings (SSSR count). The van der Waals surface area contributed by atoms with Crippen molar-refractivity contribution in [1.82, 2.24) is 0 Å². The maximum Gasteiger partial charge on any atom is 0.0701 e. The van der Waals surface area contributed by atoms with Gasteiger partial charge in [-0.25, -0.2) is 0 Å². The lowest BCUT2D eigenvalue weighted by Crippen LogP contribution is -2.26. The van der Waals surface area contributed by atoms with Crippen LogP contribution < -0.4 is 0 Å². The normalized spacial score (nSPS) is 13.2. The van der Waals surface area contributed by atoms with E-state index in [0.717, 1.165) is 6.42 Å². The molecule has 0 aliphatic heterocycles. The molecule has 0 bridgehead atoms. The summed E-state index contributed by atoms with van der Waals surface area (Å²) in [6.07, 6.45) is 11.7. The number of ether oxygens (including phenoxy) is 1. The van der Waals surface area contributed by atoms with Crippen LogP contribution in [0.2, 0.25) is 0 Å². The molecule has 0 fully saturated rings. The molecule has 0 aliphatic carbocycles. The van der Waals surface area contributed by atoms with Crippen LogP contribution in [-0.4, -0.2) is 24.4 Å². The van der Waals surface area contributed by atoms with Crippen LogP contribution in [0.5, 0.6) is 0 Å². The van der Waals surface area contributed by atoms with Crippen LogP contribution in [0.1, 0.15) is 78.6 Å². The highest BCUT2D eigenvalue weighted by molar-refractivity contribution is 4.71. The van der Waals surface area contributed by atoms with Crippen molar-refractivity contribution in [3.05, 3.63) is 0 Å². The number of rotatable bonds is 13. The van der Waals surface area contributed by atoms with E-state index in [1.807, 2.05) is 0 Å². The Hall–Kier alpha value is -0.0800. The first-order chi connectivity index (χ1) is 8.79. The van der Waals surface area contributed by atoms with Crippen LogP contribution in [0.15, 0.2) is 0 Å². The predicted octanol–water partition coefficient (Wildman–Crippen LogP) is 4.55. The number of unbranched alkanes of at least 4 members (excludes halogenated alkanes) is 3. The van der Waals surface area contributed by atoms with Crippen LogP contribution in [0.3, 0.4) is 0 Å². The summed E-state index contributed by atoms with van der Waals surface area (Å²) in [5, 5.41) is 8.95. The summed E-state index contributed by atoms with van der Waals surface area (Å²) in [4.78, 5) is 0. The minimum absolute atomic E-state index is 0.150. The summed E-state index contributed by atoms with van der Waals surface area (Å²) in [5.41, 5.74) is 0. The fourth-order valence-electron chi connectivity index (χ4n) is 2.51. The maximum absolute atomic E-state index is 8.95. The second-order valence-electron chi connectivity index (χ2n) is 5.32. The molecule has 0 saturated heterocycles. The first kappa shape index (κ1) is 17.9. The number of aliphatic hydroxyl groups is 1. The van der Waals surface area contributed by atoms with E-state index in [-0.39, 0.29) is 6.61 Å². The summed E-state index contributed by atoms with van der Waals surface area (Å²) in [7, 11) is 0. The van der Waals surface area contributed by atoms with Crippen molar-refractivity contribution in [2.75, 3.05) is 13.2 Å². The molecule has 110 valence electrons. The molecule has 0 saturated carbocycles. The van der Waals surface area contributed by atoms with Gasteiger partial charge in [0.2, 0.25) is 0 Å². The minimum Gasteiger partial charge on any atom is -0.394 e. The van der Waals surface area contributed by atoms with Gasteiger partial charge >= 0.3 is 0 Å². The summed E-state index contributed by atoms with van der Waals surface area (Å²) < 4.78 is 5.90. The zero-order valence-electron chi connectivity index (χ0n) is 12.8. The van der Waals surface area contributed by atoms with Crippen molar-refractivity contribution in [2.45, 2.75) is 84.7 Å². The standard InChI is InChI=1S/C16H34O2/c1-4-7-10-15(11-8-5-2)16(12-9-6-3)18-14-13-17/h15-17H,4-14H2,1-3H3. The Morgan fingerprint density at radius 2 is 1.33 bits per heavy atom. The predicted molar refractivity (Wildman–Crippen MR) is 78.9 cm³/mol. The monoisotopic (exact) mass is 258 g/mol. The highest BCUT2D eigenvalue weighted by Crippen LogP contribution is 2.25. The third-order valence-corrected chi connectivity index (χ3v) is 3.65. The van der Waals surface area contributed by atoms with Crippen LogP contribution in [-0.2, 0) is 4.74 Å². The zero-order chi connectivity index (χ0) is 13.6. The molecule has 2 nitrogen and oxygen atoms in total. The SMILES string of the molecule is CCCCC(CCCC)C(CCCC)OCCO. The number of hydrogen-bond acceptors (Lipinski definition) is 2. The molecule has 18 heavy (non-hydrogen) atoms. The van der Waals surface area contributed by atoms with E-state index in [1.54, 1.807) is 0 Å². The minimum atomic E-state index is 0.150. The van der Waals surface area contributed by atoms with E-state index in [0.29, 0.717) is 18.6 Å². The zero-order valence-corrected chi connectivity index (χ0v) is 12.8. The quantitative estimate of drug-likeness (QED) is 0.525. The highest BCUT2D eigenvalue weighted by atomic mass is 16.5. The van der Waals surface area contributed by atoms with Gasteiger partial charge in [0.25, 0.3) is 0 Å². The lowest BCUT2D eigenvalue weighted by atomic mass is 9.88. The van der Waals surface area contributed by atoms with Crippen LogP contribution in [0.25, 0.3) is 0 Å². The van der Waals surface area contributed by atoms with Gasteiger partial charge in [-0.3, -0.25) is 0 Å². The second kappa shape index (κ2) is 13.4. The molecule has 0 aromatic rings. The van der Waals surface area contributed by atoms with Gasteiger partial charge in [0.15, 0.2) is 0 Å². The van der Waals surface area contributed by atoms with E-state index in [2.05, 4.69) is 20.8 Å². The van der Waals surface area contributed by atoms with Crippen molar-refractivity contribution >= 4 is 0 Å². The smallest absolute Gasteiger partial charge is 0.0701 e. The molecule has 2 heteroatoms. The van der Waals surface area contributed by atoms with Gasteiger partial charge in [-0.1, -0.05) is 59.3 Å². The lowest BCUT2D eigenvalue weighted by molar-refractivity contribution is -0.0167. The summed E-state index contributed by atoms with van der Waals surface area (Å²) in [5.74, 6) is 0.697. The number of hydrogen-bond donors (Lipinski definition) is 1. The molecule has 0 aliphatic rings. The van der Waals surface area contributed by atoms with E-state index in [9.17, 15) is 0 Å². The molecule has 1 atom stereocenters. The Balaban J connectivity index is 4.27. The van der Waals surface area contributed by atoms with Crippen molar-refractivity contribution < 1.29 is 9.84 Å². The lowest BCUT2D eigenvalue weighted by Gasteiger charge is -2.27.